The summed E-state index contributed by atoms with van der Waals surface area (Å²) in [6.07, 6.45) is 3.46. The molecular formula is C13H17ClO. The molecule has 2 rings (SSSR count). The molecule has 1 aromatic carbocycles. The third-order valence-electron chi connectivity index (χ3n) is 3.01. The first-order chi connectivity index (χ1) is 7.29. The van der Waals surface area contributed by atoms with Crippen LogP contribution < -0.4 is 4.74 Å². The van der Waals surface area contributed by atoms with E-state index in [1.165, 1.54) is 12.0 Å². The minimum atomic E-state index is 0.366. The zero-order valence-electron chi connectivity index (χ0n) is 9.08. The van der Waals surface area contributed by atoms with Gasteiger partial charge in [0.15, 0.2) is 0 Å². The Labute approximate surface area is 96.4 Å². The first-order valence-electron chi connectivity index (χ1n) is 5.66. The van der Waals surface area contributed by atoms with Crippen molar-refractivity contribution in [3.8, 4) is 5.75 Å². The van der Waals surface area contributed by atoms with Crippen molar-refractivity contribution >= 4 is 11.6 Å². The molecule has 2 unspecified atom stereocenters. The van der Waals surface area contributed by atoms with Gasteiger partial charge in [-0.25, -0.2) is 0 Å². The highest BCUT2D eigenvalue weighted by atomic mass is 35.5. The maximum Gasteiger partial charge on any atom is 0.119 e. The van der Waals surface area contributed by atoms with Gasteiger partial charge in [0.2, 0.25) is 0 Å². The number of alkyl halides is 1. The van der Waals surface area contributed by atoms with Gasteiger partial charge in [-0.15, -0.1) is 11.6 Å². The Morgan fingerprint density at radius 2 is 2.27 bits per heavy atom. The van der Waals surface area contributed by atoms with Crippen LogP contribution in [0.5, 0.6) is 5.75 Å². The van der Waals surface area contributed by atoms with Gasteiger partial charge >= 0.3 is 0 Å². The number of benzene rings is 1. The van der Waals surface area contributed by atoms with Crippen LogP contribution >= 0.6 is 11.6 Å². The molecule has 0 aliphatic heterocycles. The molecule has 2 atom stereocenters. The van der Waals surface area contributed by atoms with Crippen LogP contribution in [0, 0.1) is 0 Å². The molecule has 82 valence electrons. The van der Waals surface area contributed by atoms with Crippen molar-refractivity contribution in [2.75, 3.05) is 6.61 Å². The van der Waals surface area contributed by atoms with Crippen molar-refractivity contribution in [3.05, 3.63) is 29.8 Å². The third kappa shape index (κ3) is 2.66. The quantitative estimate of drug-likeness (QED) is 0.707. The van der Waals surface area contributed by atoms with Crippen molar-refractivity contribution in [1.82, 2.24) is 0 Å². The Balaban J connectivity index is 2.10. The Kier molecular flexibility index (Phi) is 3.53. The number of rotatable bonds is 3. The second-order valence-corrected chi connectivity index (χ2v) is 4.73. The number of halogens is 1. The number of ether oxygens (including phenoxy) is 1. The fourth-order valence-corrected chi connectivity index (χ4v) is 2.60. The molecule has 0 aromatic heterocycles. The summed E-state index contributed by atoms with van der Waals surface area (Å²) in [5, 5.41) is 0.366. The van der Waals surface area contributed by atoms with Gasteiger partial charge in [0, 0.05) is 5.38 Å². The predicted molar refractivity (Wildman–Crippen MR) is 63.8 cm³/mol. The van der Waals surface area contributed by atoms with Crippen LogP contribution in [-0.4, -0.2) is 12.0 Å². The summed E-state index contributed by atoms with van der Waals surface area (Å²) in [4.78, 5) is 0. The molecule has 1 nitrogen and oxygen atoms in total. The van der Waals surface area contributed by atoms with E-state index in [9.17, 15) is 0 Å². The van der Waals surface area contributed by atoms with Crippen LogP contribution in [0.1, 0.15) is 37.7 Å². The van der Waals surface area contributed by atoms with Crippen molar-refractivity contribution in [1.29, 1.82) is 0 Å². The van der Waals surface area contributed by atoms with Gasteiger partial charge in [0.05, 0.1) is 6.61 Å². The van der Waals surface area contributed by atoms with E-state index < -0.39 is 0 Å². The molecule has 0 saturated heterocycles. The van der Waals surface area contributed by atoms with Gasteiger partial charge < -0.3 is 4.74 Å². The molecule has 0 spiro atoms. The van der Waals surface area contributed by atoms with Crippen LogP contribution in [0.3, 0.4) is 0 Å². The summed E-state index contributed by atoms with van der Waals surface area (Å²) < 4.78 is 5.50. The highest BCUT2D eigenvalue weighted by Gasteiger charge is 2.24. The molecule has 1 aromatic rings. The lowest BCUT2D eigenvalue weighted by Crippen LogP contribution is -1.96. The van der Waals surface area contributed by atoms with Crippen molar-refractivity contribution in [2.45, 2.75) is 37.5 Å². The average Bonchev–Trinajstić information content (AvgIpc) is 2.66. The van der Waals surface area contributed by atoms with Crippen LogP contribution in [0.4, 0.5) is 0 Å². The number of hydrogen-bond acceptors (Lipinski definition) is 1. The second kappa shape index (κ2) is 4.89. The van der Waals surface area contributed by atoms with E-state index in [4.69, 9.17) is 16.3 Å². The maximum atomic E-state index is 6.13. The lowest BCUT2D eigenvalue weighted by Gasteiger charge is -2.11. The van der Waals surface area contributed by atoms with Gasteiger partial charge in [-0.2, -0.15) is 0 Å². The van der Waals surface area contributed by atoms with E-state index in [0.29, 0.717) is 11.3 Å². The van der Waals surface area contributed by atoms with Crippen molar-refractivity contribution in [2.24, 2.45) is 0 Å². The fraction of sp³-hybridized carbons (Fsp3) is 0.538. The summed E-state index contributed by atoms with van der Waals surface area (Å²) in [5.41, 5.74) is 1.38. The molecule has 1 aliphatic carbocycles. The Hall–Kier alpha value is -0.690. The molecule has 1 aliphatic rings. The van der Waals surface area contributed by atoms with Gasteiger partial charge in [-0.1, -0.05) is 12.1 Å². The molecule has 1 fully saturated rings. The number of hydrogen-bond donors (Lipinski definition) is 0. The molecule has 0 radical (unpaired) electrons. The third-order valence-corrected chi connectivity index (χ3v) is 3.41. The largest absolute Gasteiger partial charge is 0.494 e. The SMILES string of the molecule is CCOc1cccc(C2CCC(Cl)C2)c1. The van der Waals surface area contributed by atoms with E-state index in [2.05, 4.69) is 18.2 Å². The zero-order chi connectivity index (χ0) is 10.7. The summed E-state index contributed by atoms with van der Waals surface area (Å²) >= 11 is 6.13. The smallest absolute Gasteiger partial charge is 0.119 e. The Morgan fingerprint density at radius 3 is 2.93 bits per heavy atom. The van der Waals surface area contributed by atoms with Gasteiger partial charge in [-0.05, 0) is 49.8 Å². The summed E-state index contributed by atoms with van der Waals surface area (Å²) in [5.74, 6) is 1.61. The molecule has 15 heavy (non-hydrogen) atoms. The highest BCUT2D eigenvalue weighted by Crippen LogP contribution is 2.37. The maximum absolute atomic E-state index is 6.13. The average molecular weight is 225 g/mol. The lowest BCUT2D eigenvalue weighted by molar-refractivity contribution is 0.339. The van der Waals surface area contributed by atoms with Crippen LogP contribution in [0.15, 0.2) is 24.3 Å². The lowest BCUT2D eigenvalue weighted by atomic mass is 9.98. The van der Waals surface area contributed by atoms with Crippen LogP contribution in [0.25, 0.3) is 0 Å². The molecule has 0 heterocycles. The Morgan fingerprint density at radius 1 is 1.40 bits per heavy atom. The molecule has 0 N–H and O–H groups in total. The van der Waals surface area contributed by atoms with Crippen LogP contribution in [-0.2, 0) is 0 Å². The van der Waals surface area contributed by atoms with Gasteiger partial charge in [0.25, 0.3) is 0 Å². The van der Waals surface area contributed by atoms with Crippen molar-refractivity contribution < 1.29 is 4.74 Å². The summed E-state index contributed by atoms with van der Waals surface area (Å²) in [7, 11) is 0. The minimum absolute atomic E-state index is 0.366. The van der Waals surface area contributed by atoms with Gasteiger partial charge in [-0.3, -0.25) is 0 Å². The van der Waals surface area contributed by atoms with E-state index in [0.717, 1.165) is 25.2 Å². The highest BCUT2D eigenvalue weighted by molar-refractivity contribution is 6.20. The molecular weight excluding hydrogens is 208 g/mol. The van der Waals surface area contributed by atoms with Crippen molar-refractivity contribution in [3.63, 3.8) is 0 Å². The fourth-order valence-electron chi connectivity index (χ4n) is 2.25. The molecule has 0 amide bonds. The standard InChI is InChI=1S/C13H17ClO/c1-2-15-13-5-3-4-10(9-13)11-6-7-12(14)8-11/h3-5,9,11-12H,2,6-8H2,1H3. The second-order valence-electron chi connectivity index (χ2n) is 4.11. The first kappa shape index (κ1) is 10.8. The first-order valence-corrected chi connectivity index (χ1v) is 6.10. The Bertz CT molecular complexity index is 324. The van der Waals surface area contributed by atoms with E-state index in [1.807, 2.05) is 13.0 Å². The molecule has 0 bridgehead atoms. The van der Waals surface area contributed by atoms with E-state index in [1.54, 1.807) is 0 Å². The monoisotopic (exact) mass is 224 g/mol. The predicted octanol–water partition coefficient (Wildman–Crippen LogP) is 3.96. The summed E-state index contributed by atoms with van der Waals surface area (Å²) in [6.45, 7) is 2.74. The zero-order valence-corrected chi connectivity index (χ0v) is 9.83. The van der Waals surface area contributed by atoms with E-state index >= 15 is 0 Å². The van der Waals surface area contributed by atoms with Crippen LogP contribution in [0.2, 0.25) is 0 Å². The minimum Gasteiger partial charge on any atom is -0.494 e. The molecule has 2 heteroatoms. The van der Waals surface area contributed by atoms with Gasteiger partial charge in [0.1, 0.15) is 5.75 Å². The molecule has 1 saturated carbocycles. The normalized spacial score (nSPS) is 25.5. The van der Waals surface area contributed by atoms with E-state index in [-0.39, 0.29) is 0 Å². The topological polar surface area (TPSA) is 9.23 Å². The summed E-state index contributed by atoms with van der Waals surface area (Å²) in [6, 6.07) is 8.42.